The van der Waals surface area contributed by atoms with Crippen LogP contribution in [0.2, 0.25) is 0 Å². The van der Waals surface area contributed by atoms with Gasteiger partial charge in [0.05, 0.1) is 12.2 Å². The number of hydrogen-bond acceptors (Lipinski definition) is 6. The normalized spacial score (nSPS) is 12.1. The first-order chi connectivity index (χ1) is 16.2. The van der Waals surface area contributed by atoms with E-state index in [2.05, 4.69) is 39.4 Å². The van der Waals surface area contributed by atoms with Gasteiger partial charge in [-0.25, -0.2) is 4.98 Å². The largest absolute Gasteiger partial charge is 0.499 e. The minimum atomic E-state index is -0.154. The maximum Gasteiger partial charge on any atom is 0.319 e. The Kier molecular flexibility index (Phi) is 5.91. The number of hydrogen-bond donors (Lipinski definition) is 1. The number of fused-ring (bicyclic) bond motifs is 1. The second-order valence-electron chi connectivity index (χ2n) is 7.65. The number of anilines is 2. The lowest BCUT2D eigenvalue weighted by molar-refractivity contribution is 0.0992. The fourth-order valence-corrected chi connectivity index (χ4v) is 4.37. The summed E-state index contributed by atoms with van der Waals surface area (Å²) in [5.74, 6) is 2.71. The molecule has 4 aromatic rings. The Bertz CT molecular complexity index is 1290. The quantitative estimate of drug-likeness (QED) is 0.414. The molecule has 1 amide bonds. The van der Waals surface area contributed by atoms with Gasteiger partial charge in [0.2, 0.25) is 0 Å². The van der Waals surface area contributed by atoms with Gasteiger partial charge in [-0.2, -0.15) is 0 Å². The van der Waals surface area contributed by atoms with E-state index in [1.54, 1.807) is 24.3 Å². The van der Waals surface area contributed by atoms with Crippen molar-refractivity contribution in [2.24, 2.45) is 0 Å². The molecule has 0 fully saturated rings. The van der Waals surface area contributed by atoms with E-state index in [4.69, 9.17) is 4.74 Å². The maximum absolute atomic E-state index is 12.9. The summed E-state index contributed by atoms with van der Waals surface area (Å²) < 4.78 is 5.96. The molecule has 162 valence electrons. The first-order valence-electron chi connectivity index (χ1n) is 10.6. The van der Waals surface area contributed by atoms with Gasteiger partial charge >= 0.3 is 6.85 Å². The number of aromatic nitrogens is 2. The second-order valence-corrected chi connectivity index (χ2v) is 8.50. The molecule has 0 spiro atoms. The monoisotopic (exact) mass is 452 g/mol. The van der Waals surface area contributed by atoms with E-state index in [9.17, 15) is 4.79 Å². The molecule has 5 rings (SSSR count). The minimum absolute atomic E-state index is 0.0998. The molecule has 1 aliphatic heterocycles. The Labute approximate surface area is 196 Å². The molecule has 0 saturated carbocycles. The number of benzene rings is 2. The van der Waals surface area contributed by atoms with E-state index in [0.29, 0.717) is 11.5 Å². The van der Waals surface area contributed by atoms with Gasteiger partial charge in [-0.3, -0.25) is 9.78 Å². The topological polar surface area (TPSA) is 67.4 Å². The summed E-state index contributed by atoms with van der Waals surface area (Å²) in [4.78, 5) is 23.1. The SMILES string of the molecule is CN(C(=O)c1nc(-c2cccnc2)cs1)c1ccc(OCB2C=Cc3ccccc3N2)cc1. The van der Waals surface area contributed by atoms with Crippen molar-refractivity contribution in [3.63, 3.8) is 0 Å². The van der Waals surface area contributed by atoms with Gasteiger partial charge in [-0.1, -0.05) is 30.3 Å². The molecular weight excluding hydrogens is 431 g/mol. The Morgan fingerprint density at radius 1 is 1.12 bits per heavy atom. The minimum Gasteiger partial charge on any atom is -0.499 e. The highest BCUT2D eigenvalue weighted by atomic mass is 32.1. The lowest BCUT2D eigenvalue weighted by atomic mass is 9.61. The van der Waals surface area contributed by atoms with Crippen LogP contribution in [0.3, 0.4) is 0 Å². The Morgan fingerprint density at radius 3 is 2.79 bits per heavy atom. The van der Waals surface area contributed by atoms with Crippen LogP contribution >= 0.6 is 11.3 Å². The highest BCUT2D eigenvalue weighted by Crippen LogP contribution is 2.25. The standard InChI is InChI=1S/C25H21BN4O2S/c1-30(25(31)24-28-23(16-33-24)19-6-4-14-27-15-19)20-8-10-21(11-9-20)32-17-26-13-12-18-5-2-3-7-22(18)29-26/h2-16,29H,17H2,1H3. The van der Waals surface area contributed by atoms with E-state index in [-0.39, 0.29) is 12.8 Å². The summed E-state index contributed by atoms with van der Waals surface area (Å²) in [7, 11) is 1.75. The van der Waals surface area contributed by atoms with Crippen LogP contribution in [-0.2, 0) is 0 Å². The van der Waals surface area contributed by atoms with Crippen LogP contribution in [0, 0.1) is 0 Å². The fraction of sp³-hybridized carbons (Fsp3) is 0.0800. The van der Waals surface area contributed by atoms with Crippen LogP contribution in [-0.4, -0.2) is 36.3 Å². The fourth-order valence-electron chi connectivity index (χ4n) is 3.57. The zero-order valence-electron chi connectivity index (χ0n) is 18.0. The van der Waals surface area contributed by atoms with Gasteiger partial charge in [-0.05, 0) is 48.0 Å². The molecule has 33 heavy (non-hydrogen) atoms. The lowest BCUT2D eigenvalue weighted by Crippen LogP contribution is -2.32. The molecule has 2 aromatic carbocycles. The van der Waals surface area contributed by atoms with Crippen molar-refractivity contribution in [2.45, 2.75) is 0 Å². The van der Waals surface area contributed by atoms with Crippen molar-refractivity contribution in [1.29, 1.82) is 0 Å². The first-order valence-corrected chi connectivity index (χ1v) is 11.5. The van der Waals surface area contributed by atoms with Gasteiger partial charge in [0.15, 0.2) is 5.01 Å². The van der Waals surface area contributed by atoms with Crippen LogP contribution in [0.25, 0.3) is 17.3 Å². The number of thiazole rings is 1. The smallest absolute Gasteiger partial charge is 0.319 e. The first kappa shape index (κ1) is 21.0. The highest BCUT2D eigenvalue weighted by molar-refractivity contribution is 7.12. The predicted molar refractivity (Wildman–Crippen MR) is 135 cm³/mol. The highest BCUT2D eigenvalue weighted by Gasteiger charge is 2.19. The zero-order valence-corrected chi connectivity index (χ0v) is 18.8. The van der Waals surface area contributed by atoms with E-state index >= 15 is 0 Å². The molecule has 3 heterocycles. The van der Waals surface area contributed by atoms with Gasteiger partial charge in [0.1, 0.15) is 5.75 Å². The van der Waals surface area contributed by atoms with E-state index in [1.807, 2.05) is 53.9 Å². The molecule has 1 N–H and O–H groups in total. The average Bonchev–Trinajstić information content (AvgIpc) is 3.38. The average molecular weight is 452 g/mol. The summed E-state index contributed by atoms with van der Waals surface area (Å²) in [6.45, 7) is 0.609. The summed E-state index contributed by atoms with van der Waals surface area (Å²) in [5.41, 5.74) is 4.70. The Hall–Kier alpha value is -3.91. The summed E-state index contributed by atoms with van der Waals surface area (Å²) in [6, 6.07) is 19.5. The van der Waals surface area contributed by atoms with Gasteiger partial charge in [0.25, 0.3) is 5.91 Å². The number of rotatable bonds is 6. The zero-order chi connectivity index (χ0) is 22.6. The van der Waals surface area contributed by atoms with Crippen molar-refractivity contribution in [3.8, 4) is 17.0 Å². The Balaban J connectivity index is 1.20. The molecule has 1 aliphatic rings. The number of carbonyl (C=O) groups is 1. The molecule has 0 bridgehead atoms. The number of pyridine rings is 1. The van der Waals surface area contributed by atoms with Crippen LogP contribution in [0.5, 0.6) is 5.75 Å². The van der Waals surface area contributed by atoms with Crippen molar-refractivity contribution in [1.82, 2.24) is 9.97 Å². The van der Waals surface area contributed by atoms with Crippen LogP contribution in [0.15, 0.2) is 84.4 Å². The van der Waals surface area contributed by atoms with Crippen molar-refractivity contribution in [2.75, 3.05) is 23.7 Å². The van der Waals surface area contributed by atoms with Crippen LogP contribution in [0.4, 0.5) is 11.4 Å². The van der Waals surface area contributed by atoms with E-state index in [1.165, 1.54) is 16.9 Å². The van der Waals surface area contributed by atoms with E-state index in [0.717, 1.165) is 28.4 Å². The number of para-hydroxylation sites is 1. The molecular formula is C25H21BN4O2S. The van der Waals surface area contributed by atoms with Gasteiger partial charge in [-0.15, -0.1) is 11.3 Å². The third kappa shape index (κ3) is 4.66. The molecule has 0 atom stereocenters. The molecule has 0 saturated heterocycles. The van der Waals surface area contributed by atoms with Crippen molar-refractivity contribution >= 4 is 41.5 Å². The molecule has 2 aromatic heterocycles. The van der Waals surface area contributed by atoms with Crippen LogP contribution in [0.1, 0.15) is 15.4 Å². The second kappa shape index (κ2) is 9.30. The predicted octanol–water partition coefficient (Wildman–Crippen LogP) is 5.07. The number of amides is 1. The van der Waals surface area contributed by atoms with Gasteiger partial charge < -0.3 is 14.9 Å². The third-order valence-electron chi connectivity index (χ3n) is 5.41. The Morgan fingerprint density at radius 2 is 1.97 bits per heavy atom. The molecule has 0 unspecified atom stereocenters. The van der Waals surface area contributed by atoms with E-state index < -0.39 is 0 Å². The molecule has 0 aliphatic carbocycles. The maximum atomic E-state index is 12.9. The number of ether oxygens (including phenoxy) is 1. The van der Waals surface area contributed by atoms with Crippen molar-refractivity contribution in [3.05, 3.63) is 95.0 Å². The number of nitrogens with one attached hydrogen (secondary N) is 1. The number of carbonyl (C=O) groups excluding carboxylic acids is 1. The number of nitrogens with zero attached hydrogens (tertiary/aromatic N) is 3. The molecule has 8 heteroatoms. The summed E-state index contributed by atoms with van der Waals surface area (Å²) in [6.07, 6.45) is 5.56. The molecule has 6 nitrogen and oxygen atoms in total. The summed E-state index contributed by atoms with van der Waals surface area (Å²) >= 11 is 1.33. The third-order valence-corrected chi connectivity index (χ3v) is 6.24. The van der Waals surface area contributed by atoms with Crippen LogP contribution < -0.4 is 14.9 Å². The van der Waals surface area contributed by atoms with Gasteiger partial charge in [0, 0.05) is 41.8 Å². The van der Waals surface area contributed by atoms with Crippen molar-refractivity contribution < 1.29 is 9.53 Å². The molecule has 0 radical (unpaired) electrons. The summed E-state index contributed by atoms with van der Waals surface area (Å²) in [5, 5.41) is 5.78. The lowest BCUT2D eigenvalue weighted by Gasteiger charge is -2.20.